The Bertz CT molecular complexity index is 1170. The molecule has 0 bridgehead atoms. The van der Waals surface area contributed by atoms with Gasteiger partial charge in [-0.2, -0.15) is 0 Å². The number of nitrogens with one attached hydrogen (secondary N) is 1. The molecule has 0 aliphatic carbocycles. The molecule has 0 fully saturated rings. The highest BCUT2D eigenvalue weighted by Crippen LogP contribution is 2.28. The average molecular weight is 373 g/mol. The molecule has 1 aliphatic rings. The van der Waals surface area contributed by atoms with Crippen LogP contribution in [-0.4, -0.2) is 27.3 Å². The number of benzene rings is 2. The smallest absolute Gasteiger partial charge is 0.254 e. The van der Waals surface area contributed by atoms with Crippen molar-refractivity contribution < 1.29 is 9.21 Å². The van der Waals surface area contributed by atoms with Crippen LogP contribution in [0.2, 0.25) is 0 Å². The minimum atomic E-state index is 0.0518. The van der Waals surface area contributed by atoms with Crippen LogP contribution < -0.4 is 0 Å². The number of hydrogen-bond acceptors (Lipinski definition) is 3. The molecule has 0 spiro atoms. The number of carbonyl (C=O) groups excluding carboxylic acids is 1. The number of carbonyl (C=O) groups is 1. The Morgan fingerprint density at radius 2 is 2.14 bits per heavy atom. The van der Waals surface area contributed by atoms with Crippen molar-refractivity contribution in [2.24, 2.45) is 0 Å². The van der Waals surface area contributed by atoms with Crippen molar-refractivity contribution in [2.45, 2.75) is 39.2 Å². The van der Waals surface area contributed by atoms with E-state index < -0.39 is 0 Å². The van der Waals surface area contributed by atoms with Gasteiger partial charge in [0.2, 0.25) is 0 Å². The van der Waals surface area contributed by atoms with Gasteiger partial charge in [-0.3, -0.25) is 4.79 Å². The molecule has 0 radical (unpaired) electrons. The summed E-state index contributed by atoms with van der Waals surface area (Å²) in [6, 6.07) is 13.9. The molecule has 0 saturated heterocycles. The Labute approximate surface area is 163 Å². The zero-order chi connectivity index (χ0) is 19.1. The lowest BCUT2D eigenvalue weighted by atomic mass is 10.0. The van der Waals surface area contributed by atoms with Crippen molar-refractivity contribution in [3.8, 4) is 0 Å². The van der Waals surface area contributed by atoms with Crippen molar-refractivity contribution in [3.63, 3.8) is 0 Å². The number of hydrogen-bond donors (Lipinski definition) is 1. The van der Waals surface area contributed by atoms with E-state index in [1.165, 1.54) is 16.6 Å². The number of oxazole rings is 1. The average Bonchev–Trinajstić information content (AvgIpc) is 3.31. The number of aromatic amines is 1. The molecule has 1 amide bonds. The van der Waals surface area contributed by atoms with E-state index in [1.54, 1.807) is 0 Å². The van der Waals surface area contributed by atoms with Crippen molar-refractivity contribution in [1.29, 1.82) is 0 Å². The summed E-state index contributed by atoms with van der Waals surface area (Å²) in [5.74, 6) is 0.804. The molecule has 5 nitrogen and oxygen atoms in total. The van der Waals surface area contributed by atoms with Crippen LogP contribution >= 0.6 is 0 Å². The highest BCUT2D eigenvalue weighted by molar-refractivity contribution is 5.97. The van der Waals surface area contributed by atoms with Crippen LogP contribution in [0.5, 0.6) is 0 Å². The monoisotopic (exact) mass is 373 g/mol. The number of aryl methyl sites for hydroxylation is 1. The maximum absolute atomic E-state index is 13.1. The summed E-state index contributed by atoms with van der Waals surface area (Å²) in [4.78, 5) is 23.1. The first-order valence-corrected chi connectivity index (χ1v) is 10.00. The lowest BCUT2D eigenvalue weighted by Gasteiger charge is -2.27. The number of aromatic nitrogens is 2. The van der Waals surface area contributed by atoms with Gasteiger partial charge in [0.1, 0.15) is 5.52 Å². The number of unbranched alkanes of at least 4 members (excludes halogenated alkanes) is 1. The second kappa shape index (κ2) is 6.82. The minimum Gasteiger partial charge on any atom is -0.441 e. The zero-order valence-electron chi connectivity index (χ0n) is 16.0. The van der Waals surface area contributed by atoms with E-state index in [0.29, 0.717) is 12.1 Å². The normalized spacial score (nSPS) is 14.0. The summed E-state index contributed by atoms with van der Waals surface area (Å²) in [6.45, 7) is 3.51. The summed E-state index contributed by atoms with van der Waals surface area (Å²) in [5, 5.41) is 1.21. The van der Waals surface area contributed by atoms with Gasteiger partial charge in [-0.25, -0.2) is 4.98 Å². The molecule has 1 aliphatic heterocycles. The first-order valence-electron chi connectivity index (χ1n) is 10.00. The fourth-order valence-corrected chi connectivity index (χ4v) is 4.07. The Morgan fingerprint density at radius 1 is 1.25 bits per heavy atom. The van der Waals surface area contributed by atoms with Crippen molar-refractivity contribution in [3.05, 3.63) is 65.2 Å². The van der Waals surface area contributed by atoms with Crippen molar-refractivity contribution >= 4 is 27.9 Å². The van der Waals surface area contributed by atoms with Gasteiger partial charge in [0, 0.05) is 53.7 Å². The highest BCUT2D eigenvalue weighted by atomic mass is 16.3. The lowest BCUT2D eigenvalue weighted by Crippen LogP contribution is -2.35. The van der Waals surface area contributed by atoms with E-state index in [9.17, 15) is 4.79 Å². The second-order valence-electron chi connectivity index (χ2n) is 7.50. The highest BCUT2D eigenvalue weighted by Gasteiger charge is 2.25. The predicted octanol–water partition coefficient (Wildman–Crippen LogP) is 4.85. The summed E-state index contributed by atoms with van der Waals surface area (Å²) in [6.07, 6.45) is 3.85. The second-order valence-corrected chi connectivity index (χ2v) is 7.50. The number of H-pyrrole nitrogens is 1. The van der Waals surface area contributed by atoms with Crippen LogP contribution in [0.3, 0.4) is 0 Å². The summed E-state index contributed by atoms with van der Waals surface area (Å²) in [5.41, 5.74) is 5.82. The van der Waals surface area contributed by atoms with Gasteiger partial charge in [-0.15, -0.1) is 0 Å². The quantitative estimate of drug-likeness (QED) is 0.556. The molecule has 142 valence electrons. The Kier molecular flexibility index (Phi) is 4.15. The standard InChI is InChI=1S/C23H23N3O2/c1-2-3-8-22-25-20-13-15(9-10-21(20)28-22)23(27)26-12-11-19-17(14-26)16-6-4-5-7-18(16)24-19/h4-7,9-10,13,24H,2-3,8,11-12,14H2,1H3. The van der Waals surface area contributed by atoms with Crippen LogP contribution in [0, 0.1) is 0 Å². The summed E-state index contributed by atoms with van der Waals surface area (Å²) in [7, 11) is 0. The van der Waals surface area contributed by atoms with Gasteiger partial charge >= 0.3 is 0 Å². The number of fused-ring (bicyclic) bond motifs is 4. The lowest BCUT2D eigenvalue weighted by molar-refractivity contribution is 0.0735. The molecule has 1 N–H and O–H groups in total. The van der Waals surface area contributed by atoms with E-state index in [-0.39, 0.29) is 5.91 Å². The first kappa shape index (κ1) is 17.0. The fourth-order valence-electron chi connectivity index (χ4n) is 4.07. The largest absolute Gasteiger partial charge is 0.441 e. The maximum atomic E-state index is 13.1. The van der Waals surface area contributed by atoms with Crippen LogP contribution in [-0.2, 0) is 19.4 Å². The van der Waals surface area contributed by atoms with Crippen LogP contribution in [0.25, 0.3) is 22.0 Å². The van der Waals surface area contributed by atoms with Crippen LogP contribution in [0.15, 0.2) is 46.9 Å². The Morgan fingerprint density at radius 3 is 3.04 bits per heavy atom. The van der Waals surface area contributed by atoms with E-state index in [2.05, 4.69) is 29.0 Å². The van der Waals surface area contributed by atoms with Crippen molar-refractivity contribution in [1.82, 2.24) is 14.9 Å². The maximum Gasteiger partial charge on any atom is 0.254 e. The van der Waals surface area contributed by atoms with E-state index >= 15 is 0 Å². The van der Waals surface area contributed by atoms with Gasteiger partial charge in [0.15, 0.2) is 11.5 Å². The molecular weight excluding hydrogens is 350 g/mol. The van der Waals surface area contributed by atoms with Crippen LogP contribution in [0.1, 0.15) is 47.3 Å². The fraction of sp³-hybridized carbons (Fsp3) is 0.304. The molecule has 0 saturated carbocycles. The van der Waals surface area contributed by atoms with Gasteiger partial charge in [0.05, 0.1) is 0 Å². The molecule has 5 rings (SSSR count). The van der Waals surface area contributed by atoms with Crippen molar-refractivity contribution in [2.75, 3.05) is 6.54 Å². The number of rotatable bonds is 4. The molecule has 28 heavy (non-hydrogen) atoms. The first-order chi connectivity index (χ1) is 13.7. The molecule has 3 heterocycles. The SMILES string of the molecule is CCCCc1nc2cc(C(=O)N3CCc4[nH]c5ccccc5c4C3)ccc2o1. The summed E-state index contributed by atoms with van der Waals surface area (Å²) >= 11 is 0. The third kappa shape index (κ3) is 2.87. The molecule has 0 atom stereocenters. The molecular formula is C23H23N3O2. The molecule has 0 unspecified atom stereocenters. The van der Waals surface area contributed by atoms with Crippen LogP contribution in [0.4, 0.5) is 0 Å². The summed E-state index contributed by atoms with van der Waals surface area (Å²) < 4.78 is 5.79. The third-order valence-electron chi connectivity index (χ3n) is 5.59. The van der Waals surface area contributed by atoms with Gasteiger partial charge < -0.3 is 14.3 Å². The minimum absolute atomic E-state index is 0.0518. The Balaban J connectivity index is 1.41. The number of para-hydroxylation sites is 1. The molecule has 2 aromatic carbocycles. The topological polar surface area (TPSA) is 62.1 Å². The van der Waals surface area contributed by atoms with Gasteiger partial charge in [0.25, 0.3) is 5.91 Å². The van der Waals surface area contributed by atoms with E-state index in [0.717, 1.165) is 54.7 Å². The third-order valence-corrected chi connectivity index (χ3v) is 5.59. The number of nitrogens with zero attached hydrogens (tertiary/aromatic N) is 2. The predicted molar refractivity (Wildman–Crippen MR) is 109 cm³/mol. The van der Waals surface area contributed by atoms with E-state index in [4.69, 9.17) is 4.42 Å². The van der Waals surface area contributed by atoms with E-state index in [1.807, 2.05) is 35.2 Å². The van der Waals surface area contributed by atoms with Gasteiger partial charge in [-0.1, -0.05) is 31.5 Å². The molecule has 2 aromatic heterocycles. The molecule has 4 aromatic rings. The number of amides is 1. The van der Waals surface area contributed by atoms with Gasteiger partial charge in [-0.05, 0) is 30.7 Å². The molecule has 5 heteroatoms. The Hall–Kier alpha value is -3.08. The zero-order valence-corrected chi connectivity index (χ0v) is 16.0.